The number of pyridine rings is 1. The zero-order chi connectivity index (χ0) is 34.1. The molecule has 2 aliphatic heterocycles. The van der Waals surface area contributed by atoms with Crippen LogP contribution >= 0.6 is 22.9 Å². The molecule has 5 heterocycles. The predicted octanol–water partition coefficient (Wildman–Crippen LogP) is 4.62. The zero-order valence-corrected chi connectivity index (χ0v) is 27.7. The number of imide groups is 1. The van der Waals surface area contributed by atoms with Crippen molar-refractivity contribution in [1.29, 1.82) is 5.26 Å². The number of anilines is 3. The number of aromatic nitrogens is 3. The molecule has 12 nitrogen and oxygen atoms in total. The first-order chi connectivity index (χ1) is 22.9. The molecule has 0 bridgehead atoms. The first kappa shape index (κ1) is 31.7. The SMILES string of the molecule is CN(C)CCN(C)c1ncc2c(N3CCCC4(C3)NC(=O)NC4=O)c3cc(Cl)c(-c4ccc(F)c5sc(N)c(C#N)c45)c(F)c3nc2n1. The summed E-state index contributed by atoms with van der Waals surface area (Å²) in [5.74, 6) is -1.46. The van der Waals surface area contributed by atoms with E-state index in [0.717, 1.165) is 17.9 Å². The van der Waals surface area contributed by atoms with Gasteiger partial charge in [-0.15, -0.1) is 11.3 Å². The van der Waals surface area contributed by atoms with Gasteiger partial charge < -0.3 is 25.8 Å². The normalized spacial score (nSPS) is 17.9. The number of likely N-dealkylation sites (N-methyl/N-ethyl adjacent to an activating group) is 2. The largest absolute Gasteiger partial charge is 0.389 e. The van der Waals surface area contributed by atoms with E-state index in [2.05, 4.69) is 15.6 Å². The van der Waals surface area contributed by atoms with Gasteiger partial charge in [0.1, 0.15) is 27.9 Å². The van der Waals surface area contributed by atoms with Crippen molar-refractivity contribution in [3.63, 3.8) is 0 Å². The summed E-state index contributed by atoms with van der Waals surface area (Å²) in [7, 11) is 5.76. The molecule has 16 heteroatoms. The number of thiophene rings is 1. The number of piperidine rings is 1. The van der Waals surface area contributed by atoms with Crippen LogP contribution in [0.5, 0.6) is 0 Å². The molecule has 4 N–H and O–H groups in total. The minimum Gasteiger partial charge on any atom is -0.389 e. The molecule has 48 heavy (non-hydrogen) atoms. The van der Waals surface area contributed by atoms with Gasteiger partial charge in [0, 0.05) is 49.2 Å². The Balaban J connectivity index is 1.49. The number of carbonyl (C=O) groups is 2. The summed E-state index contributed by atoms with van der Waals surface area (Å²) in [6.07, 6.45) is 2.59. The third-order valence-corrected chi connectivity index (χ3v) is 10.2. The molecule has 1 unspecified atom stereocenters. The maximum absolute atomic E-state index is 17.1. The standard InChI is InChI=1S/C32H29ClF2N10O2S/c1-43(2)9-10-44(3)30-38-13-18-25(45-8-4-7-32(14-45)29(46)41-31(47)42-32)16-11-19(33)22(23(35)24(16)39-28(18)40-30)15-5-6-20(34)26-21(15)17(12-36)27(37)48-26/h5-6,11,13H,4,7-10,14,37H2,1-3H3,(H2,41,42,46,47). The molecule has 2 fully saturated rings. The van der Waals surface area contributed by atoms with Crippen molar-refractivity contribution in [2.75, 3.05) is 62.9 Å². The first-order valence-corrected chi connectivity index (χ1v) is 16.3. The Labute approximate surface area is 282 Å². The van der Waals surface area contributed by atoms with Crippen molar-refractivity contribution < 1.29 is 18.4 Å². The van der Waals surface area contributed by atoms with Gasteiger partial charge in [-0.2, -0.15) is 10.2 Å². The second-order valence-electron chi connectivity index (χ2n) is 12.3. The molecule has 2 saturated heterocycles. The zero-order valence-electron chi connectivity index (χ0n) is 26.1. The van der Waals surface area contributed by atoms with Crippen LogP contribution in [0.15, 0.2) is 24.4 Å². The van der Waals surface area contributed by atoms with Crippen LogP contribution in [0.2, 0.25) is 5.02 Å². The van der Waals surface area contributed by atoms with E-state index in [4.69, 9.17) is 27.3 Å². The fourth-order valence-electron chi connectivity index (χ4n) is 6.56. The topological polar surface area (TPSA) is 156 Å². The number of rotatable bonds is 6. The van der Waals surface area contributed by atoms with E-state index < -0.39 is 29.1 Å². The summed E-state index contributed by atoms with van der Waals surface area (Å²) in [5, 5.41) is 16.1. The highest BCUT2D eigenvalue weighted by Gasteiger charge is 2.49. The summed E-state index contributed by atoms with van der Waals surface area (Å²) >= 11 is 7.79. The molecule has 2 aliphatic rings. The molecule has 246 valence electrons. The van der Waals surface area contributed by atoms with Gasteiger partial charge in [0.05, 0.1) is 32.9 Å². The van der Waals surface area contributed by atoms with E-state index >= 15 is 4.39 Å². The van der Waals surface area contributed by atoms with Crippen molar-refractivity contribution >= 4 is 83.5 Å². The lowest BCUT2D eigenvalue weighted by molar-refractivity contribution is -0.124. The minimum atomic E-state index is -1.18. The molecular weight excluding hydrogens is 662 g/mol. The highest BCUT2D eigenvalue weighted by Crippen LogP contribution is 2.47. The van der Waals surface area contributed by atoms with Crippen LogP contribution in [0.3, 0.4) is 0 Å². The van der Waals surface area contributed by atoms with Crippen LogP contribution in [0.1, 0.15) is 18.4 Å². The Bertz CT molecular complexity index is 2240. The van der Waals surface area contributed by atoms with Crippen molar-refractivity contribution in [1.82, 2.24) is 30.5 Å². The summed E-state index contributed by atoms with van der Waals surface area (Å²) in [6, 6.07) is 5.57. The van der Waals surface area contributed by atoms with Gasteiger partial charge in [-0.05, 0) is 44.6 Å². The first-order valence-electron chi connectivity index (χ1n) is 15.1. The molecule has 2 aromatic carbocycles. The highest BCUT2D eigenvalue weighted by atomic mass is 35.5. The third-order valence-electron chi connectivity index (χ3n) is 8.92. The Morgan fingerprint density at radius 2 is 1.98 bits per heavy atom. The number of nitrogens with zero attached hydrogens (tertiary/aromatic N) is 7. The number of fused-ring (bicyclic) bond motifs is 3. The Morgan fingerprint density at radius 3 is 2.69 bits per heavy atom. The molecular formula is C32H29ClF2N10O2S. The van der Waals surface area contributed by atoms with Gasteiger partial charge in [-0.3, -0.25) is 10.1 Å². The molecule has 3 aromatic heterocycles. The van der Waals surface area contributed by atoms with Gasteiger partial charge in [0.15, 0.2) is 11.5 Å². The number of nitriles is 1. The van der Waals surface area contributed by atoms with Gasteiger partial charge in [-0.1, -0.05) is 17.7 Å². The average molecular weight is 691 g/mol. The van der Waals surface area contributed by atoms with Crippen LogP contribution in [0, 0.1) is 23.0 Å². The van der Waals surface area contributed by atoms with Crippen LogP contribution in [-0.2, 0) is 4.79 Å². The lowest BCUT2D eigenvalue weighted by Crippen LogP contribution is -2.58. The number of benzene rings is 2. The molecule has 0 radical (unpaired) electrons. The molecule has 0 saturated carbocycles. The Morgan fingerprint density at radius 1 is 1.19 bits per heavy atom. The van der Waals surface area contributed by atoms with E-state index in [1.807, 2.05) is 41.9 Å². The fraction of sp³-hybridized carbons (Fsp3) is 0.312. The Hall–Kier alpha value is -4.91. The predicted molar refractivity (Wildman–Crippen MR) is 182 cm³/mol. The summed E-state index contributed by atoms with van der Waals surface area (Å²) in [4.78, 5) is 45.0. The van der Waals surface area contributed by atoms with E-state index in [1.54, 1.807) is 12.3 Å². The van der Waals surface area contributed by atoms with Crippen LogP contribution in [0.25, 0.3) is 43.1 Å². The number of urea groups is 1. The van der Waals surface area contributed by atoms with E-state index in [1.165, 1.54) is 12.1 Å². The lowest BCUT2D eigenvalue weighted by Gasteiger charge is -2.40. The van der Waals surface area contributed by atoms with Crippen LogP contribution in [-0.4, -0.2) is 84.7 Å². The maximum atomic E-state index is 17.1. The molecule has 3 amide bonds. The number of carbonyl (C=O) groups excluding carboxylic acids is 2. The number of hydrogen-bond donors (Lipinski definition) is 3. The van der Waals surface area contributed by atoms with Gasteiger partial charge >= 0.3 is 6.03 Å². The lowest BCUT2D eigenvalue weighted by atomic mass is 9.88. The van der Waals surface area contributed by atoms with E-state index in [0.29, 0.717) is 48.3 Å². The fourth-order valence-corrected chi connectivity index (χ4v) is 7.80. The Kier molecular flexibility index (Phi) is 7.69. The quantitative estimate of drug-likeness (QED) is 0.170. The number of amides is 3. The van der Waals surface area contributed by atoms with Crippen molar-refractivity contribution in [3.8, 4) is 17.2 Å². The molecule has 0 aliphatic carbocycles. The van der Waals surface area contributed by atoms with Crippen LogP contribution < -0.4 is 26.2 Å². The van der Waals surface area contributed by atoms with Gasteiger partial charge in [0.2, 0.25) is 5.95 Å². The van der Waals surface area contributed by atoms with Crippen molar-refractivity contribution in [3.05, 3.63) is 46.6 Å². The minimum absolute atomic E-state index is 0.0106. The molecule has 1 spiro atoms. The van der Waals surface area contributed by atoms with Gasteiger partial charge in [-0.25, -0.2) is 23.5 Å². The maximum Gasteiger partial charge on any atom is 0.322 e. The summed E-state index contributed by atoms with van der Waals surface area (Å²) < 4.78 is 32.1. The third kappa shape index (κ3) is 4.99. The van der Waals surface area contributed by atoms with Gasteiger partial charge in [0.25, 0.3) is 5.91 Å². The average Bonchev–Trinajstić information content (AvgIpc) is 3.53. The number of halogens is 3. The monoisotopic (exact) mass is 690 g/mol. The van der Waals surface area contributed by atoms with E-state index in [9.17, 15) is 19.2 Å². The van der Waals surface area contributed by atoms with E-state index in [-0.39, 0.29) is 54.5 Å². The second-order valence-corrected chi connectivity index (χ2v) is 13.8. The summed E-state index contributed by atoms with van der Waals surface area (Å²) in [5.41, 5.74) is 5.66. The van der Waals surface area contributed by atoms with Crippen molar-refractivity contribution in [2.24, 2.45) is 0 Å². The number of nitrogens with one attached hydrogen (secondary N) is 2. The highest BCUT2D eigenvalue weighted by molar-refractivity contribution is 7.23. The smallest absolute Gasteiger partial charge is 0.322 e. The number of nitrogen functional groups attached to an aromatic ring is 1. The molecule has 1 atom stereocenters. The molecule has 5 aromatic rings. The number of nitrogens with two attached hydrogens (primary N) is 1. The molecule has 7 rings (SSSR count). The number of hydrogen-bond acceptors (Lipinski definition) is 11. The second kappa shape index (κ2) is 11.7. The van der Waals surface area contributed by atoms with Crippen molar-refractivity contribution in [2.45, 2.75) is 18.4 Å². The van der Waals surface area contributed by atoms with Crippen LogP contribution in [0.4, 0.5) is 30.2 Å². The summed E-state index contributed by atoms with van der Waals surface area (Å²) in [6.45, 7) is 1.92.